The van der Waals surface area contributed by atoms with Gasteiger partial charge in [-0.3, -0.25) is 0 Å². The van der Waals surface area contributed by atoms with Gasteiger partial charge in [0.25, 0.3) is 0 Å². The van der Waals surface area contributed by atoms with E-state index in [1.165, 1.54) is 99.4 Å². The van der Waals surface area contributed by atoms with Gasteiger partial charge in [-0.1, -0.05) is 194 Å². The van der Waals surface area contributed by atoms with Gasteiger partial charge in [0.2, 0.25) is 0 Å². The third-order valence-corrected chi connectivity index (χ3v) is 12.1. The summed E-state index contributed by atoms with van der Waals surface area (Å²) in [6.07, 6.45) is 0. The van der Waals surface area contributed by atoms with Crippen LogP contribution in [-0.2, 0) is 5.41 Å². The summed E-state index contributed by atoms with van der Waals surface area (Å²) < 4.78 is 0. The van der Waals surface area contributed by atoms with Crippen molar-refractivity contribution in [2.75, 3.05) is 0 Å². The first-order valence-corrected chi connectivity index (χ1v) is 19.8. The standard InChI is InChI=1S/C57H38/c1-5-17-39(18-6-1)45-34-46(40-19-7-2-8-20-40)36-47(35-45)53-38-55-56(51-28-16-15-27-50(51)53)52-32-31-44(43-30-29-41-21-13-14-22-42(41)33-43)37-54(52)57(55,48-23-9-3-10-24-48)49-25-11-4-12-26-49/h1-38H. The van der Waals surface area contributed by atoms with Gasteiger partial charge >= 0.3 is 0 Å². The molecule has 0 fully saturated rings. The molecule has 0 amide bonds. The van der Waals surface area contributed by atoms with Crippen molar-refractivity contribution in [3.8, 4) is 55.6 Å². The van der Waals surface area contributed by atoms with E-state index in [9.17, 15) is 0 Å². The lowest BCUT2D eigenvalue weighted by Gasteiger charge is -2.34. The predicted molar refractivity (Wildman–Crippen MR) is 241 cm³/mol. The molecule has 10 aromatic carbocycles. The van der Waals surface area contributed by atoms with Crippen LogP contribution < -0.4 is 0 Å². The molecular formula is C57H38. The largest absolute Gasteiger partial charge is 0.0714 e. The lowest BCUT2D eigenvalue weighted by Crippen LogP contribution is -2.28. The van der Waals surface area contributed by atoms with Crippen LogP contribution in [0.3, 0.4) is 0 Å². The molecule has 11 rings (SSSR count). The monoisotopic (exact) mass is 722 g/mol. The quantitative estimate of drug-likeness (QED) is 0.160. The van der Waals surface area contributed by atoms with Crippen molar-refractivity contribution in [2.24, 2.45) is 0 Å². The van der Waals surface area contributed by atoms with Crippen LogP contribution in [-0.4, -0.2) is 0 Å². The van der Waals surface area contributed by atoms with Crippen molar-refractivity contribution in [1.29, 1.82) is 0 Å². The zero-order valence-electron chi connectivity index (χ0n) is 31.4. The summed E-state index contributed by atoms with van der Waals surface area (Å²) in [5, 5.41) is 5.02. The van der Waals surface area contributed by atoms with Gasteiger partial charge in [-0.15, -0.1) is 0 Å². The minimum Gasteiger partial charge on any atom is -0.0622 e. The Morgan fingerprint density at radius 1 is 0.246 bits per heavy atom. The number of hydrogen-bond acceptors (Lipinski definition) is 0. The van der Waals surface area contributed by atoms with Crippen molar-refractivity contribution >= 4 is 21.5 Å². The van der Waals surface area contributed by atoms with E-state index in [0.29, 0.717) is 0 Å². The molecule has 10 aromatic rings. The molecule has 0 heteroatoms. The highest BCUT2D eigenvalue weighted by Gasteiger charge is 2.47. The zero-order valence-corrected chi connectivity index (χ0v) is 31.4. The summed E-state index contributed by atoms with van der Waals surface area (Å²) in [5.74, 6) is 0. The second-order valence-electron chi connectivity index (χ2n) is 15.2. The molecule has 0 bridgehead atoms. The van der Waals surface area contributed by atoms with Crippen molar-refractivity contribution in [1.82, 2.24) is 0 Å². The maximum absolute atomic E-state index is 2.53. The lowest BCUT2D eigenvalue weighted by atomic mass is 9.67. The van der Waals surface area contributed by atoms with Crippen molar-refractivity contribution < 1.29 is 0 Å². The molecule has 0 atom stereocenters. The van der Waals surface area contributed by atoms with Gasteiger partial charge in [0.1, 0.15) is 0 Å². The van der Waals surface area contributed by atoms with E-state index >= 15 is 0 Å². The molecule has 266 valence electrons. The molecule has 0 aromatic heterocycles. The first-order valence-electron chi connectivity index (χ1n) is 19.8. The van der Waals surface area contributed by atoms with Crippen LogP contribution in [0.25, 0.3) is 77.2 Å². The number of rotatable bonds is 6. The van der Waals surface area contributed by atoms with Crippen LogP contribution in [0.15, 0.2) is 231 Å². The molecule has 1 aliphatic rings. The Morgan fingerprint density at radius 2 is 0.737 bits per heavy atom. The van der Waals surface area contributed by atoms with E-state index in [-0.39, 0.29) is 0 Å². The third kappa shape index (κ3) is 5.37. The van der Waals surface area contributed by atoms with Gasteiger partial charge in [-0.05, 0) is 136 Å². The SMILES string of the molecule is c1ccc(-c2cc(-c3ccccc3)cc(-c3cc4c(c5ccccc35)-c3ccc(-c5ccc6ccccc6c5)cc3C4(c3ccccc3)c3ccccc3)c2)cc1. The first-order chi connectivity index (χ1) is 28.3. The summed E-state index contributed by atoms with van der Waals surface area (Å²) in [5.41, 5.74) is 16.9. The molecular weight excluding hydrogens is 685 g/mol. The van der Waals surface area contributed by atoms with Gasteiger partial charge in [-0.25, -0.2) is 0 Å². The number of hydrogen-bond donors (Lipinski definition) is 0. The van der Waals surface area contributed by atoms with Crippen LogP contribution in [0.1, 0.15) is 22.3 Å². The smallest absolute Gasteiger partial charge is 0.0622 e. The molecule has 0 aliphatic heterocycles. The average Bonchev–Trinajstić information content (AvgIpc) is 3.60. The summed E-state index contributed by atoms with van der Waals surface area (Å²) >= 11 is 0. The fourth-order valence-electron chi connectivity index (χ4n) is 9.51. The van der Waals surface area contributed by atoms with Gasteiger partial charge in [0, 0.05) is 0 Å². The highest BCUT2D eigenvalue weighted by molar-refractivity contribution is 6.11. The van der Waals surface area contributed by atoms with Crippen LogP contribution in [0.2, 0.25) is 0 Å². The molecule has 57 heavy (non-hydrogen) atoms. The van der Waals surface area contributed by atoms with E-state index in [0.717, 1.165) is 0 Å². The van der Waals surface area contributed by atoms with E-state index < -0.39 is 5.41 Å². The van der Waals surface area contributed by atoms with Crippen LogP contribution in [0.4, 0.5) is 0 Å². The van der Waals surface area contributed by atoms with E-state index in [4.69, 9.17) is 0 Å². The lowest BCUT2D eigenvalue weighted by molar-refractivity contribution is 0.769. The van der Waals surface area contributed by atoms with Crippen molar-refractivity contribution in [3.63, 3.8) is 0 Å². The zero-order chi connectivity index (χ0) is 37.8. The Hall–Kier alpha value is -7.28. The normalized spacial score (nSPS) is 12.7. The summed E-state index contributed by atoms with van der Waals surface area (Å²) in [4.78, 5) is 0. The van der Waals surface area contributed by atoms with Crippen LogP contribution in [0, 0.1) is 0 Å². The summed E-state index contributed by atoms with van der Waals surface area (Å²) in [6, 6.07) is 85.4. The fraction of sp³-hybridized carbons (Fsp3) is 0.0175. The Bertz CT molecular complexity index is 2990. The molecule has 0 nitrogen and oxygen atoms in total. The Morgan fingerprint density at radius 3 is 1.37 bits per heavy atom. The molecule has 0 saturated heterocycles. The summed E-state index contributed by atoms with van der Waals surface area (Å²) in [7, 11) is 0. The fourth-order valence-corrected chi connectivity index (χ4v) is 9.51. The van der Waals surface area contributed by atoms with Crippen LogP contribution in [0.5, 0.6) is 0 Å². The molecule has 1 aliphatic carbocycles. The molecule has 0 heterocycles. The van der Waals surface area contributed by atoms with E-state index in [1.807, 2.05) is 0 Å². The summed E-state index contributed by atoms with van der Waals surface area (Å²) in [6.45, 7) is 0. The minimum atomic E-state index is -0.571. The van der Waals surface area contributed by atoms with Gasteiger partial charge in [0.05, 0.1) is 5.41 Å². The molecule has 0 radical (unpaired) electrons. The van der Waals surface area contributed by atoms with Crippen LogP contribution >= 0.6 is 0 Å². The maximum Gasteiger partial charge on any atom is 0.0714 e. The number of fused-ring (bicyclic) bond motifs is 6. The van der Waals surface area contributed by atoms with E-state index in [2.05, 4.69) is 231 Å². The molecule has 0 unspecified atom stereocenters. The second-order valence-corrected chi connectivity index (χ2v) is 15.2. The van der Waals surface area contributed by atoms with E-state index in [1.54, 1.807) is 0 Å². The maximum atomic E-state index is 2.53. The van der Waals surface area contributed by atoms with Crippen molar-refractivity contribution in [3.05, 3.63) is 253 Å². The van der Waals surface area contributed by atoms with Gasteiger partial charge in [0.15, 0.2) is 0 Å². The topological polar surface area (TPSA) is 0 Å². The highest BCUT2D eigenvalue weighted by atomic mass is 14.5. The number of benzene rings is 10. The molecule has 0 saturated carbocycles. The van der Waals surface area contributed by atoms with Gasteiger partial charge < -0.3 is 0 Å². The highest BCUT2D eigenvalue weighted by Crippen LogP contribution is 2.59. The minimum absolute atomic E-state index is 0.571. The Labute approximate surface area is 334 Å². The second kappa shape index (κ2) is 13.5. The predicted octanol–water partition coefficient (Wildman–Crippen LogP) is 15.0. The van der Waals surface area contributed by atoms with Crippen molar-refractivity contribution in [2.45, 2.75) is 5.41 Å². The average molecular weight is 723 g/mol. The first kappa shape index (κ1) is 33.1. The Kier molecular flexibility index (Phi) is 7.83. The van der Waals surface area contributed by atoms with Gasteiger partial charge in [-0.2, -0.15) is 0 Å². The Balaban J connectivity index is 1.24. The molecule has 0 N–H and O–H groups in total. The third-order valence-electron chi connectivity index (χ3n) is 12.1. The molecule has 0 spiro atoms.